The lowest BCUT2D eigenvalue weighted by Crippen LogP contribution is -2.39. The predicted octanol–water partition coefficient (Wildman–Crippen LogP) is 0.0168. The molecule has 0 aliphatic rings. The summed E-state index contributed by atoms with van der Waals surface area (Å²) in [6.45, 7) is 0. The number of amides is 1. The number of phenols is 1. The maximum atomic E-state index is 11.8. The minimum absolute atomic E-state index is 0.0578. The molecule has 0 fully saturated rings. The summed E-state index contributed by atoms with van der Waals surface area (Å²) in [6, 6.07) is 0.941. The van der Waals surface area contributed by atoms with Crippen molar-refractivity contribution in [3.8, 4) is 5.75 Å². The summed E-state index contributed by atoms with van der Waals surface area (Å²) in [5.74, 6) is -2.08. The van der Waals surface area contributed by atoms with E-state index in [1.54, 1.807) is 0 Å². The highest BCUT2D eigenvalue weighted by molar-refractivity contribution is 7.86. The Bertz CT molecular complexity index is 720. The largest absolute Gasteiger partial charge is 0.506 e. The van der Waals surface area contributed by atoms with E-state index < -0.39 is 38.5 Å². The molecule has 1 amide bonds. The maximum Gasteiger partial charge on any atom is 0.298 e. The number of Topliss-reactive ketones (excluding diaryl/α,β-unsaturated/α-hetero) is 1. The first-order chi connectivity index (χ1) is 10.6. The number of hydrogen-bond donors (Lipinski definition) is 5. The second-order valence-electron chi connectivity index (χ2n) is 4.72. The SMILES string of the molecule is N[C@@H](CCC(=O)Cc1cc(Cl)cc(S(=O)(=O)O)c1O)C(=O)NO. The first-order valence-corrected chi connectivity index (χ1v) is 8.08. The van der Waals surface area contributed by atoms with Crippen LogP contribution in [0.5, 0.6) is 5.75 Å². The van der Waals surface area contributed by atoms with Gasteiger partial charge in [0.25, 0.3) is 16.0 Å². The molecular formula is C12H15ClN2O7S. The zero-order valence-electron chi connectivity index (χ0n) is 11.7. The zero-order chi connectivity index (χ0) is 17.8. The van der Waals surface area contributed by atoms with Gasteiger partial charge >= 0.3 is 0 Å². The Labute approximate surface area is 136 Å². The fraction of sp³-hybridized carbons (Fsp3) is 0.333. The summed E-state index contributed by atoms with van der Waals surface area (Å²) in [5, 5.41) is 18.1. The van der Waals surface area contributed by atoms with E-state index in [1.807, 2.05) is 0 Å². The van der Waals surface area contributed by atoms with Crippen molar-refractivity contribution in [1.82, 2.24) is 5.48 Å². The Morgan fingerprint density at radius 2 is 1.96 bits per heavy atom. The van der Waals surface area contributed by atoms with E-state index in [2.05, 4.69) is 0 Å². The molecule has 0 aliphatic heterocycles. The highest BCUT2D eigenvalue weighted by atomic mass is 35.5. The number of phenolic OH excluding ortho intramolecular Hbond substituents is 1. The summed E-state index contributed by atoms with van der Waals surface area (Å²) in [5.41, 5.74) is 6.66. The van der Waals surface area contributed by atoms with Crippen LogP contribution in [0.4, 0.5) is 0 Å². The first-order valence-electron chi connectivity index (χ1n) is 6.26. The number of benzene rings is 1. The van der Waals surface area contributed by atoms with E-state index >= 15 is 0 Å². The molecule has 0 bridgehead atoms. The molecule has 1 aromatic rings. The van der Waals surface area contributed by atoms with E-state index in [0.717, 1.165) is 6.07 Å². The van der Waals surface area contributed by atoms with Gasteiger partial charge in [-0.25, -0.2) is 5.48 Å². The molecule has 23 heavy (non-hydrogen) atoms. The zero-order valence-corrected chi connectivity index (χ0v) is 13.3. The lowest BCUT2D eigenvalue weighted by molar-refractivity contribution is -0.130. The van der Waals surface area contributed by atoms with Crippen molar-refractivity contribution >= 4 is 33.4 Å². The molecule has 0 saturated carbocycles. The number of hydroxylamine groups is 1. The van der Waals surface area contributed by atoms with E-state index in [9.17, 15) is 23.1 Å². The number of carbonyl (C=O) groups excluding carboxylic acids is 2. The summed E-state index contributed by atoms with van der Waals surface area (Å²) >= 11 is 5.70. The van der Waals surface area contributed by atoms with E-state index in [0.29, 0.717) is 0 Å². The van der Waals surface area contributed by atoms with Crippen LogP contribution in [0, 0.1) is 0 Å². The number of rotatable bonds is 7. The average Bonchev–Trinajstić information content (AvgIpc) is 2.46. The first kappa shape index (κ1) is 19.3. The van der Waals surface area contributed by atoms with Crippen LogP contribution >= 0.6 is 11.6 Å². The number of carbonyl (C=O) groups is 2. The monoisotopic (exact) mass is 366 g/mol. The number of nitrogens with one attached hydrogen (secondary N) is 1. The van der Waals surface area contributed by atoms with Gasteiger partial charge in [-0.3, -0.25) is 19.3 Å². The summed E-state index contributed by atoms with van der Waals surface area (Å²) in [4.78, 5) is 22.0. The minimum Gasteiger partial charge on any atom is -0.506 e. The van der Waals surface area contributed by atoms with Gasteiger partial charge in [0.2, 0.25) is 0 Å². The second-order valence-corrected chi connectivity index (χ2v) is 6.55. The molecule has 1 rings (SSSR count). The van der Waals surface area contributed by atoms with Crippen molar-refractivity contribution in [3.63, 3.8) is 0 Å². The summed E-state index contributed by atoms with van der Waals surface area (Å²) in [6.07, 6.45) is -0.582. The number of halogens is 1. The summed E-state index contributed by atoms with van der Waals surface area (Å²) < 4.78 is 31.3. The van der Waals surface area contributed by atoms with Crippen LogP contribution in [0.3, 0.4) is 0 Å². The third kappa shape index (κ3) is 5.44. The lowest BCUT2D eigenvalue weighted by atomic mass is 10.0. The van der Waals surface area contributed by atoms with Gasteiger partial charge in [-0.15, -0.1) is 0 Å². The van der Waals surface area contributed by atoms with Gasteiger partial charge < -0.3 is 10.8 Å². The fourth-order valence-electron chi connectivity index (χ4n) is 1.79. The molecule has 128 valence electrons. The molecular weight excluding hydrogens is 352 g/mol. The molecule has 0 heterocycles. The van der Waals surface area contributed by atoms with Crippen molar-refractivity contribution in [2.45, 2.75) is 30.2 Å². The van der Waals surface area contributed by atoms with Crippen molar-refractivity contribution < 1.29 is 32.9 Å². The van der Waals surface area contributed by atoms with Gasteiger partial charge in [-0.05, 0) is 18.6 Å². The van der Waals surface area contributed by atoms with Crippen molar-refractivity contribution in [1.29, 1.82) is 0 Å². The number of nitrogens with two attached hydrogens (primary N) is 1. The van der Waals surface area contributed by atoms with Crippen molar-refractivity contribution in [2.24, 2.45) is 5.73 Å². The molecule has 0 unspecified atom stereocenters. The van der Waals surface area contributed by atoms with E-state index in [-0.39, 0.29) is 29.8 Å². The molecule has 6 N–H and O–H groups in total. The molecule has 0 radical (unpaired) electrons. The lowest BCUT2D eigenvalue weighted by Gasteiger charge is -2.10. The molecule has 0 aliphatic carbocycles. The molecule has 0 spiro atoms. The van der Waals surface area contributed by atoms with Crippen LogP contribution in [0.15, 0.2) is 17.0 Å². The quantitative estimate of drug-likeness (QED) is 0.255. The Morgan fingerprint density at radius 3 is 2.48 bits per heavy atom. The Hall–Kier alpha value is -1.72. The molecule has 1 aromatic carbocycles. The third-order valence-corrected chi connectivity index (χ3v) is 4.05. The molecule has 9 nitrogen and oxygen atoms in total. The second kappa shape index (κ2) is 7.70. The van der Waals surface area contributed by atoms with Crippen LogP contribution in [0.1, 0.15) is 18.4 Å². The molecule has 0 aromatic heterocycles. The molecule has 1 atom stereocenters. The standard InChI is InChI=1S/C12H15ClN2O7S/c13-7-3-6(11(17)10(5-7)23(20,21)22)4-8(16)1-2-9(14)12(18)15-19/h3,5,9,17,19H,1-2,4,14H2,(H,15,18)(H,20,21,22)/t9-/m0/s1. The van der Waals surface area contributed by atoms with Gasteiger partial charge in [-0.2, -0.15) is 8.42 Å². The molecule has 0 saturated heterocycles. The topological polar surface area (TPSA) is 167 Å². The fourth-order valence-corrected chi connectivity index (χ4v) is 2.75. The minimum atomic E-state index is -4.70. The van der Waals surface area contributed by atoms with Gasteiger partial charge in [0.1, 0.15) is 16.4 Å². The van der Waals surface area contributed by atoms with Crippen LogP contribution in [-0.2, 0) is 26.1 Å². The Kier molecular flexibility index (Phi) is 6.47. The van der Waals surface area contributed by atoms with Gasteiger partial charge in [-0.1, -0.05) is 11.6 Å². The number of ketones is 1. The summed E-state index contributed by atoms with van der Waals surface area (Å²) in [7, 11) is -4.70. The highest BCUT2D eigenvalue weighted by Crippen LogP contribution is 2.31. The van der Waals surface area contributed by atoms with Crippen LogP contribution in [0.2, 0.25) is 5.02 Å². The smallest absolute Gasteiger partial charge is 0.298 e. The number of hydrogen-bond acceptors (Lipinski definition) is 7. The average molecular weight is 367 g/mol. The number of aromatic hydroxyl groups is 1. The van der Waals surface area contributed by atoms with Crippen LogP contribution < -0.4 is 11.2 Å². The Balaban J connectivity index is 2.87. The van der Waals surface area contributed by atoms with E-state index in [4.69, 9.17) is 27.1 Å². The van der Waals surface area contributed by atoms with Crippen molar-refractivity contribution in [3.05, 3.63) is 22.7 Å². The third-order valence-electron chi connectivity index (χ3n) is 2.97. The van der Waals surface area contributed by atoms with Gasteiger partial charge in [0, 0.05) is 23.4 Å². The van der Waals surface area contributed by atoms with Crippen LogP contribution in [0.25, 0.3) is 0 Å². The van der Waals surface area contributed by atoms with Crippen molar-refractivity contribution in [2.75, 3.05) is 0 Å². The molecule has 11 heteroatoms. The maximum absolute atomic E-state index is 11.8. The normalized spacial score (nSPS) is 12.7. The van der Waals surface area contributed by atoms with Gasteiger partial charge in [0.15, 0.2) is 0 Å². The highest BCUT2D eigenvalue weighted by Gasteiger charge is 2.21. The van der Waals surface area contributed by atoms with E-state index in [1.165, 1.54) is 11.5 Å². The Morgan fingerprint density at radius 1 is 1.35 bits per heavy atom. The van der Waals surface area contributed by atoms with Crippen LogP contribution in [-0.4, -0.2) is 41.0 Å². The predicted molar refractivity (Wildman–Crippen MR) is 78.8 cm³/mol. The van der Waals surface area contributed by atoms with Gasteiger partial charge in [0.05, 0.1) is 6.04 Å².